The lowest BCUT2D eigenvalue weighted by atomic mass is 9.78. The number of allylic oxidation sites excluding steroid dienone is 6. The number of esters is 1. The number of aliphatic hydroxyl groups excluding tert-OH is 2. The van der Waals surface area contributed by atoms with Crippen molar-refractivity contribution in [2.24, 2.45) is 35.5 Å². The summed E-state index contributed by atoms with van der Waals surface area (Å²) in [6.07, 6.45) is 11.2. The number of Topliss-reactive ketones (excluding diaryl/α,β-unsaturated/α-hetero) is 3. The van der Waals surface area contributed by atoms with Crippen molar-refractivity contribution >= 4 is 29.2 Å². The summed E-state index contributed by atoms with van der Waals surface area (Å²) in [4.78, 5) is 71.9. The summed E-state index contributed by atoms with van der Waals surface area (Å²) in [5.41, 5.74) is 1.27. The van der Waals surface area contributed by atoms with Crippen LogP contribution in [0.5, 0.6) is 0 Å². The topological polar surface area (TPSA) is 195 Å². The fourth-order valence-corrected chi connectivity index (χ4v) is 10.3. The highest BCUT2D eigenvalue weighted by Gasteiger charge is 2.53. The van der Waals surface area contributed by atoms with E-state index in [1.54, 1.807) is 34.0 Å². The number of hydrogen-bond donors (Lipinski definition) is 3. The van der Waals surface area contributed by atoms with Gasteiger partial charge in [0.25, 0.3) is 11.7 Å². The minimum Gasteiger partial charge on any atom is -0.460 e. The lowest BCUT2D eigenvalue weighted by Gasteiger charge is -2.42. The summed E-state index contributed by atoms with van der Waals surface area (Å²) in [6, 6.07) is -1.14. The molecule has 0 aromatic rings. The quantitative estimate of drug-likeness (QED) is 0.141. The number of amides is 1. The van der Waals surface area contributed by atoms with Crippen molar-refractivity contribution in [3.63, 3.8) is 0 Å². The third-order valence-corrected chi connectivity index (χ3v) is 14.6. The molecule has 3 fully saturated rings. The smallest absolute Gasteiger partial charge is 0.329 e. The van der Waals surface area contributed by atoms with E-state index in [0.717, 1.165) is 12.0 Å². The van der Waals surface area contributed by atoms with Gasteiger partial charge in [-0.1, -0.05) is 71.1 Å². The Hall–Kier alpha value is -3.37. The van der Waals surface area contributed by atoms with Crippen LogP contribution in [-0.4, -0.2) is 131 Å². The first-order chi connectivity index (χ1) is 31.2. The minimum absolute atomic E-state index is 0.0184. The Morgan fingerprint density at radius 3 is 2.27 bits per heavy atom. The van der Waals surface area contributed by atoms with Crippen molar-refractivity contribution in [3.05, 3.63) is 47.6 Å². The molecule has 372 valence electrons. The summed E-state index contributed by atoms with van der Waals surface area (Å²) >= 11 is 0. The molecule has 1 saturated carbocycles. The number of carbonyl (C=O) groups excluding carboxylic acids is 5. The fourth-order valence-electron chi connectivity index (χ4n) is 10.3. The molecule has 1 amide bonds. The number of cyclic esters (lactones) is 1. The maximum atomic E-state index is 14.4. The van der Waals surface area contributed by atoms with Crippen LogP contribution < -0.4 is 0 Å². The van der Waals surface area contributed by atoms with Gasteiger partial charge in [0.2, 0.25) is 5.79 Å². The molecule has 4 unspecified atom stereocenters. The molecule has 1 aliphatic carbocycles. The van der Waals surface area contributed by atoms with Crippen molar-refractivity contribution in [2.45, 2.75) is 187 Å². The SMILES string of the molecule is CCO[C@@H]1CCC(CC(C)C2CC(=O)C(C)/C=C(\C)[C@@H](O)[C@@H](OC)C(=O)[C@H](C)C[C@H](C)\C=C/C=C/C=C(\C)[C@@H](OC)C[C@@H]3CC[C@@H](C)[C@@](O)(O3)C(=O)C(=O)N3CCCC[C@H]3C(=O)O2)C[C@H]1O. The van der Waals surface area contributed by atoms with E-state index >= 15 is 0 Å². The predicted molar refractivity (Wildman–Crippen MR) is 250 cm³/mol. The minimum atomic E-state index is -2.43. The molecule has 14 nitrogen and oxygen atoms in total. The molecule has 66 heavy (non-hydrogen) atoms. The van der Waals surface area contributed by atoms with Gasteiger partial charge in [-0.2, -0.15) is 0 Å². The number of hydrogen-bond acceptors (Lipinski definition) is 13. The second-order valence-electron chi connectivity index (χ2n) is 19.8. The van der Waals surface area contributed by atoms with Crippen molar-refractivity contribution in [1.82, 2.24) is 4.90 Å². The average Bonchev–Trinajstić information content (AvgIpc) is 3.28. The molecule has 2 saturated heterocycles. The lowest BCUT2D eigenvalue weighted by Crippen LogP contribution is -2.61. The van der Waals surface area contributed by atoms with Gasteiger partial charge < -0.3 is 43.9 Å². The Labute approximate surface area is 393 Å². The number of carbonyl (C=O) groups is 5. The number of piperidine rings is 1. The zero-order chi connectivity index (χ0) is 48.9. The molecule has 0 aromatic carbocycles. The molecule has 15 atom stereocenters. The maximum absolute atomic E-state index is 14.4. The van der Waals surface area contributed by atoms with E-state index in [0.29, 0.717) is 70.0 Å². The zero-order valence-electron chi connectivity index (χ0n) is 41.3. The third-order valence-electron chi connectivity index (χ3n) is 14.6. The highest BCUT2D eigenvalue weighted by Crippen LogP contribution is 2.38. The Bertz CT molecular complexity index is 1770. The van der Waals surface area contributed by atoms with Crippen LogP contribution in [0, 0.1) is 35.5 Å². The van der Waals surface area contributed by atoms with E-state index in [9.17, 15) is 39.3 Å². The summed E-state index contributed by atoms with van der Waals surface area (Å²) in [6.45, 7) is 15.1. The average molecular weight is 928 g/mol. The van der Waals surface area contributed by atoms with E-state index in [4.69, 9.17) is 23.7 Å². The highest BCUT2D eigenvalue weighted by molar-refractivity contribution is 6.39. The van der Waals surface area contributed by atoms with Gasteiger partial charge in [0.15, 0.2) is 5.78 Å². The second kappa shape index (κ2) is 25.8. The van der Waals surface area contributed by atoms with Gasteiger partial charge in [-0.15, -0.1) is 0 Å². The first-order valence-corrected chi connectivity index (χ1v) is 24.5. The Balaban J connectivity index is 1.69. The van der Waals surface area contributed by atoms with Gasteiger partial charge >= 0.3 is 5.97 Å². The van der Waals surface area contributed by atoms with Gasteiger partial charge in [0.05, 0.1) is 24.4 Å². The number of fused-ring (bicyclic) bond motifs is 3. The molecular weight excluding hydrogens is 847 g/mol. The summed E-state index contributed by atoms with van der Waals surface area (Å²) in [5.74, 6) is -8.04. The van der Waals surface area contributed by atoms with E-state index in [-0.39, 0.29) is 54.8 Å². The summed E-state index contributed by atoms with van der Waals surface area (Å²) in [7, 11) is 2.96. The third kappa shape index (κ3) is 14.6. The molecule has 4 aliphatic rings. The van der Waals surface area contributed by atoms with Crippen LogP contribution in [0.1, 0.15) is 132 Å². The molecular formula is C52H81NO13. The maximum Gasteiger partial charge on any atom is 0.329 e. The molecule has 0 aromatic heterocycles. The molecule has 0 radical (unpaired) electrons. The molecule has 3 heterocycles. The zero-order valence-corrected chi connectivity index (χ0v) is 41.3. The van der Waals surface area contributed by atoms with Crippen LogP contribution in [0.15, 0.2) is 47.6 Å². The van der Waals surface area contributed by atoms with Crippen molar-refractivity contribution in [3.8, 4) is 0 Å². The number of nitrogens with zero attached hydrogens (tertiary/aromatic N) is 1. The first kappa shape index (κ1) is 55.2. The lowest BCUT2D eigenvalue weighted by molar-refractivity contribution is -0.265. The van der Waals surface area contributed by atoms with E-state index in [2.05, 4.69) is 0 Å². The number of rotatable bonds is 7. The van der Waals surface area contributed by atoms with Crippen LogP contribution in [0.2, 0.25) is 0 Å². The molecule has 0 spiro atoms. The van der Waals surface area contributed by atoms with Crippen molar-refractivity contribution < 1.29 is 63.0 Å². The molecule has 14 heteroatoms. The van der Waals surface area contributed by atoms with Crippen molar-refractivity contribution in [1.29, 1.82) is 0 Å². The Kier molecular flexibility index (Phi) is 21.6. The Morgan fingerprint density at radius 2 is 1.61 bits per heavy atom. The normalized spacial score (nSPS) is 40.0. The van der Waals surface area contributed by atoms with Crippen LogP contribution in [-0.2, 0) is 47.7 Å². The number of aliphatic hydroxyl groups is 3. The molecule has 3 aliphatic heterocycles. The van der Waals surface area contributed by atoms with Gasteiger partial charge in [-0.05, 0) is 114 Å². The van der Waals surface area contributed by atoms with Crippen LogP contribution in [0.4, 0.5) is 0 Å². The number of ketones is 3. The summed E-state index contributed by atoms with van der Waals surface area (Å²) in [5, 5.41) is 34.3. The van der Waals surface area contributed by atoms with E-state index in [1.807, 2.05) is 65.0 Å². The van der Waals surface area contributed by atoms with Gasteiger partial charge in [-0.3, -0.25) is 19.2 Å². The molecule has 4 rings (SSSR count). The highest BCUT2D eigenvalue weighted by atomic mass is 16.6. The fraction of sp³-hybridized carbons (Fsp3) is 0.750. The molecule has 3 N–H and O–H groups in total. The van der Waals surface area contributed by atoms with E-state index in [1.165, 1.54) is 12.0 Å². The predicted octanol–water partition coefficient (Wildman–Crippen LogP) is 6.57. The standard InChI is InChI=1S/C52H81NO13/c1-11-64-43-23-21-38(28-42(43)55)27-34(5)45-30-41(54)33(4)26-36(7)47(57)48(63-10)46(56)35(6)25-31(2)17-13-12-14-18-32(3)44(62-9)29-39-22-20-37(8)52(61,66-39)49(58)50(59)53-24-16-15-19-40(53)51(60)65-45/h12-14,17-18,26,31,33-35,37-40,42-45,47-48,55,57,61H,11,15-16,19-25,27-30H2,1-10H3/b14-12+,17-13-,32-18+,36-26+/t31-,33?,34?,35-,37-,38?,39+,40+,42-,43-,44+,45?,47-,48+,52-/m1/s1. The van der Waals surface area contributed by atoms with Crippen LogP contribution in [0.25, 0.3) is 0 Å². The monoisotopic (exact) mass is 928 g/mol. The van der Waals surface area contributed by atoms with Gasteiger partial charge in [0, 0.05) is 58.0 Å². The van der Waals surface area contributed by atoms with Crippen LogP contribution >= 0.6 is 0 Å². The number of methoxy groups -OCH3 is 2. The van der Waals surface area contributed by atoms with E-state index < -0.39 is 83.9 Å². The first-order valence-electron chi connectivity index (χ1n) is 24.5. The second-order valence-corrected chi connectivity index (χ2v) is 19.8. The Morgan fingerprint density at radius 1 is 0.879 bits per heavy atom. The molecule has 2 bridgehead atoms. The van der Waals surface area contributed by atoms with Gasteiger partial charge in [0.1, 0.15) is 30.1 Å². The largest absolute Gasteiger partial charge is 0.460 e. The van der Waals surface area contributed by atoms with Gasteiger partial charge in [-0.25, -0.2) is 4.79 Å². The summed E-state index contributed by atoms with van der Waals surface area (Å²) < 4.78 is 29.6. The number of ether oxygens (including phenoxy) is 5. The van der Waals surface area contributed by atoms with Crippen molar-refractivity contribution in [2.75, 3.05) is 27.4 Å². The van der Waals surface area contributed by atoms with Crippen LogP contribution in [0.3, 0.4) is 0 Å².